The fourth-order valence-corrected chi connectivity index (χ4v) is 5.19. The molecule has 0 radical (unpaired) electrons. The molecule has 1 aliphatic rings. The molecule has 0 amide bonds. The third kappa shape index (κ3) is 15.7. The van der Waals surface area contributed by atoms with Gasteiger partial charge in [-0.15, -0.1) is 0 Å². The van der Waals surface area contributed by atoms with Gasteiger partial charge < -0.3 is 14.8 Å². The number of ketones is 1. The summed E-state index contributed by atoms with van der Waals surface area (Å²) < 4.78 is 32.9. The van der Waals surface area contributed by atoms with Crippen LogP contribution in [-0.4, -0.2) is 83.9 Å². The summed E-state index contributed by atoms with van der Waals surface area (Å²) in [5, 5.41) is 19.6. The maximum Gasteiger partial charge on any atom is 1.00 e. The molecule has 2 atom stereocenters. The molecule has 0 aromatic heterocycles. The van der Waals surface area contributed by atoms with E-state index in [2.05, 4.69) is 24.1 Å². The van der Waals surface area contributed by atoms with Crippen LogP contribution in [0.25, 0.3) is 0 Å². The van der Waals surface area contributed by atoms with Crippen LogP contribution >= 0.6 is 0 Å². The van der Waals surface area contributed by atoms with Crippen molar-refractivity contribution in [3.8, 4) is 0 Å². The average molecular weight is 526 g/mol. The molecule has 1 aliphatic heterocycles. The molecule has 2 N–H and O–H groups in total. The molecule has 0 saturated carbocycles. The zero-order chi connectivity index (χ0) is 25.3. The predicted octanol–water partition coefficient (Wildman–Crippen LogP) is 0.334. The largest absolute Gasteiger partial charge is 1.00 e. The Bertz CT molecular complexity index is 744. The Hall–Kier alpha value is -0.130. The van der Waals surface area contributed by atoms with Crippen LogP contribution < -0.4 is 29.6 Å². The number of Topliss-reactive ketones (excluding diaryl/α,β-unsaturated/α-hetero) is 1. The van der Waals surface area contributed by atoms with Crippen molar-refractivity contribution in [2.24, 2.45) is 4.99 Å². The van der Waals surface area contributed by atoms with E-state index in [1.165, 1.54) is 38.5 Å². The average Bonchev–Trinajstić information content (AvgIpc) is 3.15. The van der Waals surface area contributed by atoms with Crippen molar-refractivity contribution in [2.45, 2.75) is 96.5 Å². The summed E-state index contributed by atoms with van der Waals surface area (Å²) in [5.74, 6) is -0.741. The van der Waals surface area contributed by atoms with Crippen LogP contribution in [0.4, 0.5) is 0 Å². The summed E-state index contributed by atoms with van der Waals surface area (Å²) in [7, 11) is -4.58. The number of hydrogen-bond acceptors (Lipinski definition) is 7. The van der Waals surface area contributed by atoms with Gasteiger partial charge in [-0.3, -0.25) is 9.28 Å². The normalized spacial score (nSPS) is 19.0. The molecule has 8 nitrogen and oxygen atoms in total. The number of unbranched alkanes of at least 4 members (excludes halogenated alkanes) is 10. The molecule has 35 heavy (non-hydrogen) atoms. The van der Waals surface area contributed by atoms with E-state index in [4.69, 9.17) is 0 Å². The number of amidine groups is 1. The van der Waals surface area contributed by atoms with E-state index in [-0.39, 0.29) is 65.4 Å². The van der Waals surface area contributed by atoms with Gasteiger partial charge in [0.05, 0.1) is 29.0 Å². The van der Waals surface area contributed by atoms with Gasteiger partial charge in [0.15, 0.2) is 0 Å². The van der Waals surface area contributed by atoms with Gasteiger partial charge in [-0.25, -0.2) is 13.4 Å². The summed E-state index contributed by atoms with van der Waals surface area (Å²) in [5.41, 5.74) is 0. The molecule has 198 valence electrons. The van der Waals surface area contributed by atoms with E-state index in [1.807, 2.05) is 0 Å². The third-order valence-corrected chi connectivity index (χ3v) is 7.18. The number of hydrogen-bond donors (Lipinski definition) is 2. The van der Waals surface area contributed by atoms with E-state index >= 15 is 0 Å². The number of aliphatic hydroxyl groups is 2. The number of rotatable bonds is 21. The molecule has 1 rings (SSSR count). The van der Waals surface area contributed by atoms with E-state index in [1.54, 1.807) is 0 Å². The monoisotopic (exact) mass is 525 g/mol. The second-order valence-corrected chi connectivity index (χ2v) is 10.9. The number of aliphatic hydroxyl groups excluding tert-OH is 2. The number of aliphatic imine (C=N–C) groups is 1. The Labute approximate surface area is 234 Å². The summed E-state index contributed by atoms with van der Waals surface area (Å²) in [4.78, 5) is 17.1. The molecular formula is C25H46N2NaO6S+. The van der Waals surface area contributed by atoms with Crippen molar-refractivity contribution in [2.75, 3.05) is 38.5 Å². The second kappa shape index (κ2) is 19.9. The van der Waals surface area contributed by atoms with Crippen molar-refractivity contribution >= 4 is 21.7 Å². The molecule has 0 fully saturated rings. The molecule has 0 spiro atoms. The molecule has 0 aromatic rings. The van der Waals surface area contributed by atoms with Crippen LogP contribution in [0.5, 0.6) is 0 Å². The van der Waals surface area contributed by atoms with Gasteiger partial charge in [0, 0.05) is 6.42 Å². The Morgan fingerprint density at radius 2 is 1.63 bits per heavy atom. The zero-order valence-corrected chi connectivity index (χ0v) is 24.8. The predicted molar refractivity (Wildman–Crippen MR) is 135 cm³/mol. The standard InChI is InChI=1S/C25H46N2O6S.Na/c1-2-3-4-5-6-7-8-9-10-11-12-13-14-15-16-24(30)25-26-17-18-27(25,19-20-28)21-23(29)22-34(31,32)33;/h8-9,23,28-29H,2-7,10-22H2,1H3;/q;+1/b9-8+;. The van der Waals surface area contributed by atoms with Crippen LogP contribution in [0.15, 0.2) is 17.1 Å². The first kappa shape index (κ1) is 34.9. The topological polar surface area (TPSA) is 127 Å². The minimum atomic E-state index is -4.58. The Kier molecular flexibility index (Phi) is 19.8. The van der Waals surface area contributed by atoms with Gasteiger partial charge in [-0.2, -0.15) is 0 Å². The Morgan fingerprint density at radius 3 is 2.20 bits per heavy atom. The molecule has 2 unspecified atom stereocenters. The minimum absolute atomic E-state index is 0. The number of nitrogens with zero attached hydrogens (tertiary/aromatic N) is 2. The van der Waals surface area contributed by atoms with Gasteiger partial charge in [0.1, 0.15) is 25.7 Å². The summed E-state index contributed by atoms with van der Waals surface area (Å²) in [6.07, 6.45) is 17.4. The van der Waals surface area contributed by atoms with Crippen molar-refractivity contribution in [1.82, 2.24) is 0 Å². The maximum atomic E-state index is 12.8. The third-order valence-electron chi connectivity index (χ3n) is 6.39. The van der Waals surface area contributed by atoms with Gasteiger partial charge in [-0.1, -0.05) is 64.0 Å². The number of carbonyl (C=O) groups excluding carboxylic acids is 1. The Morgan fingerprint density at radius 1 is 1.06 bits per heavy atom. The van der Waals surface area contributed by atoms with Gasteiger partial charge >= 0.3 is 29.6 Å². The zero-order valence-electron chi connectivity index (χ0n) is 22.0. The molecule has 0 saturated heterocycles. The van der Waals surface area contributed by atoms with Crippen molar-refractivity contribution in [3.05, 3.63) is 12.2 Å². The quantitative estimate of drug-likeness (QED) is 0.0731. The minimum Gasteiger partial charge on any atom is -0.748 e. The molecule has 0 bridgehead atoms. The van der Waals surface area contributed by atoms with Crippen molar-refractivity contribution < 1.29 is 62.0 Å². The smallest absolute Gasteiger partial charge is 0.748 e. The van der Waals surface area contributed by atoms with Gasteiger partial charge in [0.25, 0.3) is 5.84 Å². The molecule has 0 aromatic carbocycles. The first-order chi connectivity index (χ1) is 16.2. The van der Waals surface area contributed by atoms with Crippen molar-refractivity contribution in [3.63, 3.8) is 0 Å². The Balaban J connectivity index is 0.0000116. The molecule has 10 heteroatoms. The van der Waals surface area contributed by atoms with Crippen LogP contribution in [0.1, 0.15) is 90.4 Å². The second-order valence-electron chi connectivity index (χ2n) is 9.49. The van der Waals surface area contributed by atoms with Crippen LogP contribution in [0.3, 0.4) is 0 Å². The van der Waals surface area contributed by atoms with Gasteiger partial charge in [0.2, 0.25) is 5.78 Å². The SMILES string of the molecule is CCCCCCC/C=C/CCCCCCCC(=O)C1=NCC[N+]1(CCO)CC(O)CS(=O)(=O)[O-].[Na+]. The van der Waals surface area contributed by atoms with Crippen LogP contribution in [0.2, 0.25) is 0 Å². The van der Waals surface area contributed by atoms with Crippen LogP contribution in [0, 0.1) is 0 Å². The number of allylic oxidation sites excluding steroid dienone is 2. The first-order valence-corrected chi connectivity index (χ1v) is 14.6. The number of carbonyl (C=O) groups is 1. The van der Waals surface area contributed by atoms with E-state index in [0.717, 1.165) is 38.5 Å². The van der Waals surface area contributed by atoms with Crippen LogP contribution in [-0.2, 0) is 14.9 Å². The maximum absolute atomic E-state index is 12.8. The van der Waals surface area contributed by atoms with E-state index < -0.39 is 22.0 Å². The summed E-state index contributed by atoms with van der Waals surface area (Å²) in [6.45, 7) is 2.84. The summed E-state index contributed by atoms with van der Waals surface area (Å²) >= 11 is 0. The molecule has 1 heterocycles. The van der Waals surface area contributed by atoms with E-state index in [9.17, 15) is 28.0 Å². The van der Waals surface area contributed by atoms with Gasteiger partial charge in [-0.05, 0) is 32.1 Å². The fraction of sp³-hybridized carbons (Fsp3) is 0.840. The summed E-state index contributed by atoms with van der Waals surface area (Å²) in [6, 6.07) is 0. The molecular weight excluding hydrogens is 479 g/mol. The van der Waals surface area contributed by atoms with Crippen molar-refractivity contribution in [1.29, 1.82) is 0 Å². The van der Waals surface area contributed by atoms with E-state index in [0.29, 0.717) is 19.5 Å². The molecule has 0 aliphatic carbocycles. The first-order valence-electron chi connectivity index (χ1n) is 13.1. The number of quaternary nitrogens is 1. The fourth-order valence-electron chi connectivity index (χ4n) is 4.62.